The fourth-order valence-electron chi connectivity index (χ4n) is 8.71. The van der Waals surface area contributed by atoms with Crippen LogP contribution in [0.1, 0.15) is 85.0 Å². The average molecular weight is 392 g/mol. The molecule has 10 atom stereocenters. The number of aliphatic hydroxyl groups is 2. The average Bonchev–Trinajstić information content (AvgIpc) is 3.00. The molecule has 0 radical (unpaired) electrons. The number of carboxylic acid groups (broad SMARTS) is 1. The third-order valence-corrected chi connectivity index (χ3v) is 10.3. The predicted molar refractivity (Wildman–Crippen MR) is 106 cm³/mol. The fourth-order valence-corrected chi connectivity index (χ4v) is 8.71. The van der Waals surface area contributed by atoms with Gasteiger partial charge in [0.05, 0.1) is 12.2 Å². The van der Waals surface area contributed by atoms with Crippen LogP contribution in [-0.4, -0.2) is 28.4 Å². The van der Waals surface area contributed by atoms with Crippen molar-refractivity contribution in [2.75, 3.05) is 0 Å². The third kappa shape index (κ3) is 3.05. The van der Waals surface area contributed by atoms with E-state index >= 15 is 0 Å². The Bertz CT molecular complexity index is 605. The topological polar surface area (TPSA) is 80.6 Å². The van der Waals surface area contributed by atoms with Gasteiger partial charge in [-0.3, -0.25) is 0 Å². The maximum absolute atomic E-state index is 11.5. The Hall–Kier alpha value is -0.610. The Morgan fingerprint density at radius 3 is 2.54 bits per heavy atom. The van der Waals surface area contributed by atoms with Crippen LogP contribution in [0.25, 0.3) is 0 Å². The van der Waals surface area contributed by atoms with Crippen LogP contribution in [0.3, 0.4) is 0 Å². The summed E-state index contributed by atoms with van der Waals surface area (Å²) in [5, 5.41) is 32.6. The smallest absolute Gasteiger partial charge is 0.0602 e. The van der Waals surface area contributed by atoms with Crippen molar-refractivity contribution in [2.24, 2.45) is 46.3 Å². The van der Waals surface area contributed by atoms with Crippen molar-refractivity contribution >= 4 is 5.97 Å². The van der Waals surface area contributed by atoms with Crippen LogP contribution in [0.5, 0.6) is 0 Å². The lowest BCUT2D eigenvalue weighted by Crippen LogP contribution is -2.58. The molecule has 4 nitrogen and oxygen atoms in total. The number of fused-ring (bicyclic) bond motifs is 5. The van der Waals surface area contributed by atoms with Gasteiger partial charge in [0.15, 0.2) is 0 Å². The molecule has 0 aromatic rings. The molecule has 2 N–H and O–H groups in total. The molecule has 0 spiro atoms. The molecule has 0 bridgehead atoms. The molecule has 160 valence electrons. The summed E-state index contributed by atoms with van der Waals surface area (Å²) in [6.45, 7) is 6.94. The van der Waals surface area contributed by atoms with Crippen molar-refractivity contribution in [3.05, 3.63) is 0 Å². The highest BCUT2D eigenvalue weighted by Gasteiger charge is 2.63. The van der Waals surface area contributed by atoms with Crippen LogP contribution in [0.2, 0.25) is 0 Å². The van der Waals surface area contributed by atoms with Crippen molar-refractivity contribution < 1.29 is 20.1 Å². The lowest BCUT2D eigenvalue weighted by atomic mass is 9.43. The van der Waals surface area contributed by atoms with Crippen molar-refractivity contribution in [1.29, 1.82) is 0 Å². The highest BCUT2D eigenvalue weighted by Crippen LogP contribution is 2.68. The van der Waals surface area contributed by atoms with Crippen molar-refractivity contribution in [3.8, 4) is 0 Å². The normalized spacial score (nSPS) is 51.7. The van der Waals surface area contributed by atoms with Gasteiger partial charge < -0.3 is 20.1 Å². The Morgan fingerprint density at radius 2 is 1.82 bits per heavy atom. The predicted octanol–water partition coefficient (Wildman–Crippen LogP) is 3.14. The second kappa shape index (κ2) is 7.27. The van der Waals surface area contributed by atoms with Gasteiger partial charge in [0.1, 0.15) is 0 Å². The second-order valence-corrected chi connectivity index (χ2v) is 11.3. The van der Waals surface area contributed by atoms with Gasteiger partial charge in [-0.1, -0.05) is 20.8 Å². The second-order valence-electron chi connectivity index (χ2n) is 11.3. The van der Waals surface area contributed by atoms with Crippen LogP contribution in [-0.2, 0) is 4.79 Å². The molecule has 0 aromatic heterocycles. The maximum Gasteiger partial charge on any atom is 0.0602 e. The molecule has 28 heavy (non-hydrogen) atoms. The fraction of sp³-hybridized carbons (Fsp3) is 0.958. The van der Waals surface area contributed by atoms with E-state index in [4.69, 9.17) is 0 Å². The van der Waals surface area contributed by atoms with Crippen molar-refractivity contribution in [2.45, 2.75) is 97.2 Å². The first-order chi connectivity index (χ1) is 13.2. The number of carbonyl (C=O) groups excluding carboxylic acids is 1. The van der Waals surface area contributed by atoms with Gasteiger partial charge in [-0.25, -0.2) is 0 Å². The summed E-state index contributed by atoms with van der Waals surface area (Å²) in [7, 11) is 0. The van der Waals surface area contributed by atoms with Crippen molar-refractivity contribution in [3.63, 3.8) is 0 Å². The summed E-state index contributed by atoms with van der Waals surface area (Å²) in [4.78, 5) is 10.9. The van der Waals surface area contributed by atoms with E-state index in [9.17, 15) is 20.1 Å². The molecule has 4 heteroatoms. The lowest BCUT2D eigenvalue weighted by Gasteiger charge is -2.62. The molecule has 4 rings (SSSR count). The van der Waals surface area contributed by atoms with Crippen LogP contribution in [0, 0.1) is 46.3 Å². The lowest BCUT2D eigenvalue weighted by molar-refractivity contribution is -0.306. The van der Waals surface area contributed by atoms with Gasteiger partial charge in [0.25, 0.3) is 0 Å². The Kier molecular flexibility index (Phi) is 5.36. The Balaban J connectivity index is 1.56. The van der Waals surface area contributed by atoms with E-state index in [0.29, 0.717) is 41.9 Å². The monoisotopic (exact) mass is 391 g/mol. The molecule has 4 aliphatic carbocycles. The van der Waals surface area contributed by atoms with E-state index in [1.165, 1.54) is 19.3 Å². The van der Waals surface area contributed by atoms with E-state index in [0.717, 1.165) is 32.1 Å². The van der Waals surface area contributed by atoms with Crippen LogP contribution in [0.4, 0.5) is 0 Å². The molecule has 0 aliphatic heterocycles. The molecule has 4 saturated carbocycles. The summed E-state index contributed by atoms with van der Waals surface area (Å²) in [5.74, 6) is 2.19. The number of carboxylic acids is 1. The van der Waals surface area contributed by atoms with E-state index < -0.39 is 5.97 Å². The Labute approximate surface area is 170 Å². The third-order valence-electron chi connectivity index (χ3n) is 10.3. The molecule has 0 saturated heterocycles. The first-order valence-electron chi connectivity index (χ1n) is 11.7. The largest absolute Gasteiger partial charge is 0.550 e. The first-order valence-corrected chi connectivity index (χ1v) is 11.7. The van der Waals surface area contributed by atoms with E-state index in [-0.39, 0.29) is 29.5 Å². The van der Waals surface area contributed by atoms with Gasteiger partial charge in [-0.15, -0.1) is 0 Å². The zero-order chi connectivity index (χ0) is 20.3. The highest BCUT2D eigenvalue weighted by molar-refractivity contribution is 5.64. The summed E-state index contributed by atoms with van der Waals surface area (Å²) < 4.78 is 0. The first kappa shape index (κ1) is 20.7. The van der Waals surface area contributed by atoms with E-state index in [1.807, 2.05) is 0 Å². The molecule has 4 fully saturated rings. The molecule has 0 heterocycles. The Morgan fingerprint density at radius 1 is 1.07 bits per heavy atom. The molecule has 4 aliphatic rings. The van der Waals surface area contributed by atoms with E-state index in [1.54, 1.807) is 0 Å². The zero-order valence-corrected chi connectivity index (χ0v) is 17.9. The van der Waals surface area contributed by atoms with Gasteiger partial charge in [0, 0.05) is 5.97 Å². The number of aliphatic hydroxyl groups excluding tert-OH is 2. The highest BCUT2D eigenvalue weighted by atomic mass is 16.4. The SMILES string of the molecule is C[C@H](CCC(=O)[O-])[C@@H]1CC[C@H]2[C@H]3CC[C@H]4C[C@H](O)CC[C@]4(C)[C@@H]3C[C@H](O)[C@]21C. The van der Waals surface area contributed by atoms with Gasteiger partial charge in [-0.05, 0) is 111 Å². The van der Waals surface area contributed by atoms with Gasteiger partial charge >= 0.3 is 0 Å². The summed E-state index contributed by atoms with van der Waals surface area (Å²) in [6.07, 6.45) is 8.98. The van der Waals surface area contributed by atoms with Gasteiger partial charge in [0.2, 0.25) is 0 Å². The zero-order valence-electron chi connectivity index (χ0n) is 17.9. The minimum atomic E-state index is -0.957. The van der Waals surface area contributed by atoms with Crippen molar-refractivity contribution in [1.82, 2.24) is 0 Å². The number of hydrogen-bond acceptors (Lipinski definition) is 4. The summed E-state index contributed by atoms with van der Waals surface area (Å²) >= 11 is 0. The molecular weight excluding hydrogens is 352 g/mol. The maximum atomic E-state index is 11.5. The molecule has 0 amide bonds. The van der Waals surface area contributed by atoms with E-state index in [2.05, 4.69) is 20.8 Å². The minimum absolute atomic E-state index is 0.0795. The number of carbonyl (C=O) groups is 1. The molecule has 0 aromatic carbocycles. The minimum Gasteiger partial charge on any atom is -0.550 e. The van der Waals surface area contributed by atoms with Crippen LogP contribution >= 0.6 is 0 Å². The molecular formula is C24H39O4-. The standard InChI is InChI=1S/C24H40O4/c1-14(4-9-22(27)28)18-7-8-19-17-6-5-15-12-16(25)10-11-23(15,2)20(17)13-21(26)24(18,19)3/h14-21,25-26H,4-13H2,1-3H3,(H,27,28)/p-1/t14-,15+,16-,17-,18+,19+,20-,21+,23+,24+/m1/s1. The van der Waals surface area contributed by atoms with Crippen LogP contribution in [0.15, 0.2) is 0 Å². The van der Waals surface area contributed by atoms with Gasteiger partial charge in [-0.2, -0.15) is 0 Å². The quantitative estimate of drug-likeness (QED) is 0.771. The number of hydrogen-bond donors (Lipinski definition) is 2. The number of aliphatic carboxylic acids is 1. The number of rotatable bonds is 4. The molecule has 0 unspecified atom stereocenters. The summed E-state index contributed by atoms with van der Waals surface area (Å²) in [5.41, 5.74) is 0.188. The van der Waals surface area contributed by atoms with Crippen LogP contribution < -0.4 is 5.11 Å². The summed E-state index contributed by atoms with van der Waals surface area (Å²) in [6, 6.07) is 0.